The average molecular weight is 307 g/mol. The molecule has 0 aromatic heterocycles. The maximum absolute atomic E-state index is 12.1. The van der Waals surface area contributed by atoms with E-state index in [1.807, 2.05) is 38.1 Å². The predicted octanol–water partition coefficient (Wildman–Crippen LogP) is 2.95. The molecule has 0 aliphatic carbocycles. The topological polar surface area (TPSA) is 75.6 Å². The number of carbonyl (C=O) groups is 2. The van der Waals surface area contributed by atoms with Gasteiger partial charge in [-0.3, -0.25) is 4.79 Å². The summed E-state index contributed by atoms with van der Waals surface area (Å²) in [5, 5.41) is 11.8. The van der Waals surface area contributed by atoms with Crippen LogP contribution in [0.15, 0.2) is 24.3 Å². The molecule has 0 bridgehead atoms. The van der Waals surface area contributed by atoms with Gasteiger partial charge in [-0.25, -0.2) is 4.79 Å². The van der Waals surface area contributed by atoms with Gasteiger partial charge < -0.3 is 15.2 Å². The molecule has 0 fully saturated rings. The van der Waals surface area contributed by atoms with E-state index in [9.17, 15) is 9.59 Å². The summed E-state index contributed by atoms with van der Waals surface area (Å²) in [5.74, 6) is -0.533. The van der Waals surface area contributed by atoms with Gasteiger partial charge in [0.2, 0.25) is 5.91 Å². The van der Waals surface area contributed by atoms with Gasteiger partial charge >= 0.3 is 5.97 Å². The first kappa shape index (κ1) is 18.0. The fourth-order valence-electron chi connectivity index (χ4n) is 2.38. The molecule has 5 heteroatoms. The van der Waals surface area contributed by atoms with E-state index >= 15 is 0 Å². The number of rotatable bonds is 9. The van der Waals surface area contributed by atoms with E-state index in [0.717, 1.165) is 24.2 Å². The number of nitrogens with one attached hydrogen (secondary N) is 1. The van der Waals surface area contributed by atoms with Crippen LogP contribution in [0.3, 0.4) is 0 Å². The van der Waals surface area contributed by atoms with Crippen LogP contribution < -0.4 is 10.1 Å². The fraction of sp³-hybridized carbons (Fsp3) is 0.529. The van der Waals surface area contributed by atoms with Crippen LogP contribution in [0.25, 0.3) is 0 Å². The molecule has 0 saturated heterocycles. The van der Waals surface area contributed by atoms with Crippen molar-refractivity contribution in [3.05, 3.63) is 29.8 Å². The molecule has 0 heterocycles. The number of aliphatic carboxylic acids is 1. The first-order chi connectivity index (χ1) is 10.5. The van der Waals surface area contributed by atoms with Gasteiger partial charge in [0.15, 0.2) is 0 Å². The Morgan fingerprint density at radius 1 is 1.32 bits per heavy atom. The lowest BCUT2D eigenvalue weighted by Crippen LogP contribution is -2.41. The van der Waals surface area contributed by atoms with E-state index in [0.29, 0.717) is 6.42 Å². The van der Waals surface area contributed by atoms with Gasteiger partial charge in [0.25, 0.3) is 0 Å². The van der Waals surface area contributed by atoms with Crippen molar-refractivity contribution in [3.63, 3.8) is 0 Å². The minimum atomic E-state index is -0.980. The van der Waals surface area contributed by atoms with Gasteiger partial charge in [-0.1, -0.05) is 44.9 Å². The molecule has 1 aromatic carbocycles. The number of carbonyl (C=O) groups excluding carboxylic acids is 1. The molecule has 0 aliphatic heterocycles. The number of unbranched alkanes of at least 4 members (excludes halogenated alkanes) is 1. The van der Waals surface area contributed by atoms with Gasteiger partial charge in [0, 0.05) is 6.42 Å². The third-order valence-corrected chi connectivity index (χ3v) is 3.64. The van der Waals surface area contributed by atoms with Gasteiger partial charge in [-0.2, -0.15) is 0 Å². The molecule has 1 aromatic rings. The normalized spacial score (nSPS) is 13.2. The number of carboxylic acid groups (broad SMARTS) is 1. The third kappa shape index (κ3) is 5.39. The Hall–Kier alpha value is -2.04. The van der Waals surface area contributed by atoms with Crippen molar-refractivity contribution < 1.29 is 19.4 Å². The van der Waals surface area contributed by atoms with Crippen molar-refractivity contribution in [1.29, 1.82) is 0 Å². The Morgan fingerprint density at radius 2 is 2.00 bits per heavy atom. The molecule has 122 valence electrons. The maximum atomic E-state index is 12.1. The molecule has 1 amide bonds. The van der Waals surface area contributed by atoms with Crippen LogP contribution in [0.5, 0.6) is 5.75 Å². The van der Waals surface area contributed by atoms with Crippen molar-refractivity contribution in [2.75, 3.05) is 7.11 Å². The number of ether oxygens (including phenoxy) is 1. The summed E-state index contributed by atoms with van der Waals surface area (Å²) < 4.78 is 5.29. The van der Waals surface area contributed by atoms with Crippen molar-refractivity contribution in [2.45, 2.75) is 51.5 Å². The molecule has 0 radical (unpaired) electrons. The summed E-state index contributed by atoms with van der Waals surface area (Å²) in [7, 11) is 1.59. The van der Waals surface area contributed by atoms with Crippen molar-refractivity contribution in [1.82, 2.24) is 5.32 Å². The minimum Gasteiger partial charge on any atom is -0.496 e. The summed E-state index contributed by atoms with van der Waals surface area (Å²) in [6.07, 6.45) is 2.37. The lowest BCUT2D eigenvalue weighted by molar-refractivity contribution is -0.142. The largest absolute Gasteiger partial charge is 0.496 e. The van der Waals surface area contributed by atoms with Crippen LogP contribution in [0.1, 0.15) is 51.0 Å². The molecule has 2 atom stereocenters. The lowest BCUT2D eigenvalue weighted by atomic mass is 9.96. The van der Waals surface area contributed by atoms with Crippen molar-refractivity contribution in [3.8, 4) is 5.75 Å². The number of hydrogen-bond donors (Lipinski definition) is 2. The van der Waals surface area contributed by atoms with Gasteiger partial charge in [-0.15, -0.1) is 0 Å². The Morgan fingerprint density at radius 3 is 2.59 bits per heavy atom. The van der Waals surface area contributed by atoms with E-state index in [-0.39, 0.29) is 18.2 Å². The molecule has 5 nitrogen and oxygen atoms in total. The first-order valence-corrected chi connectivity index (χ1v) is 7.64. The Bertz CT molecular complexity index is 501. The summed E-state index contributed by atoms with van der Waals surface area (Å²) in [6, 6.07) is 6.74. The lowest BCUT2D eigenvalue weighted by Gasteiger charge is -2.18. The Labute approximate surface area is 131 Å². The maximum Gasteiger partial charge on any atom is 0.326 e. The highest BCUT2D eigenvalue weighted by molar-refractivity contribution is 5.84. The smallest absolute Gasteiger partial charge is 0.326 e. The zero-order valence-electron chi connectivity index (χ0n) is 13.5. The molecule has 22 heavy (non-hydrogen) atoms. The standard InChI is InChI=1S/C17H25NO4/c1-4-5-9-14(17(20)21)18-16(19)11-12(2)13-8-6-7-10-15(13)22-3/h6-8,10,12,14H,4-5,9,11H2,1-3H3,(H,18,19)(H,20,21)/t12?,14-/m0/s1. The van der Waals surface area contributed by atoms with E-state index in [4.69, 9.17) is 9.84 Å². The zero-order valence-corrected chi connectivity index (χ0v) is 13.5. The fourth-order valence-corrected chi connectivity index (χ4v) is 2.38. The summed E-state index contributed by atoms with van der Waals surface area (Å²) in [5.41, 5.74) is 0.945. The number of carboxylic acids is 1. The van der Waals surface area contributed by atoms with Gasteiger partial charge in [-0.05, 0) is 24.0 Å². The monoisotopic (exact) mass is 307 g/mol. The predicted molar refractivity (Wildman–Crippen MR) is 85.1 cm³/mol. The second kappa shape index (κ2) is 9.07. The molecule has 0 spiro atoms. The highest BCUT2D eigenvalue weighted by Crippen LogP contribution is 2.28. The summed E-state index contributed by atoms with van der Waals surface area (Å²) in [4.78, 5) is 23.3. The number of amides is 1. The number of methoxy groups -OCH3 is 1. The summed E-state index contributed by atoms with van der Waals surface area (Å²) >= 11 is 0. The number of benzene rings is 1. The van der Waals surface area contributed by atoms with Crippen molar-refractivity contribution >= 4 is 11.9 Å². The average Bonchev–Trinajstić information content (AvgIpc) is 2.50. The second-order valence-electron chi connectivity index (χ2n) is 5.45. The van der Waals surface area contributed by atoms with E-state index in [1.54, 1.807) is 7.11 Å². The van der Waals surface area contributed by atoms with Crippen LogP contribution in [-0.4, -0.2) is 30.1 Å². The SMILES string of the molecule is CCCC[C@H](NC(=O)CC(C)c1ccccc1OC)C(=O)O. The molecule has 0 saturated carbocycles. The Balaban J connectivity index is 2.64. The minimum absolute atomic E-state index is 0.0447. The molecule has 0 aliphatic rings. The van der Waals surface area contributed by atoms with Crippen LogP contribution in [0.2, 0.25) is 0 Å². The first-order valence-electron chi connectivity index (χ1n) is 7.64. The van der Waals surface area contributed by atoms with Gasteiger partial charge in [0.05, 0.1) is 7.11 Å². The quantitative estimate of drug-likeness (QED) is 0.735. The third-order valence-electron chi connectivity index (χ3n) is 3.64. The highest BCUT2D eigenvalue weighted by Gasteiger charge is 2.21. The van der Waals surface area contributed by atoms with Crippen LogP contribution in [-0.2, 0) is 9.59 Å². The second-order valence-corrected chi connectivity index (χ2v) is 5.45. The van der Waals surface area contributed by atoms with Crippen LogP contribution in [0.4, 0.5) is 0 Å². The van der Waals surface area contributed by atoms with E-state index < -0.39 is 12.0 Å². The molecular weight excluding hydrogens is 282 g/mol. The zero-order chi connectivity index (χ0) is 16.5. The van der Waals surface area contributed by atoms with Gasteiger partial charge in [0.1, 0.15) is 11.8 Å². The van der Waals surface area contributed by atoms with Crippen LogP contribution >= 0.6 is 0 Å². The van der Waals surface area contributed by atoms with Crippen LogP contribution in [0, 0.1) is 0 Å². The van der Waals surface area contributed by atoms with E-state index in [1.165, 1.54) is 0 Å². The van der Waals surface area contributed by atoms with Crippen molar-refractivity contribution in [2.24, 2.45) is 0 Å². The number of hydrogen-bond acceptors (Lipinski definition) is 3. The molecule has 2 N–H and O–H groups in total. The number of para-hydroxylation sites is 1. The molecule has 1 rings (SSSR count). The highest BCUT2D eigenvalue weighted by atomic mass is 16.5. The summed E-state index contributed by atoms with van der Waals surface area (Å²) in [6.45, 7) is 3.92. The molecular formula is C17H25NO4. The Kier molecular flexibility index (Phi) is 7.43. The van der Waals surface area contributed by atoms with E-state index in [2.05, 4.69) is 5.32 Å². The molecule has 1 unspecified atom stereocenters.